The van der Waals surface area contributed by atoms with Crippen molar-refractivity contribution in [2.75, 3.05) is 18.4 Å². The molecule has 3 rings (SSSR count). The van der Waals surface area contributed by atoms with Crippen LogP contribution in [0.3, 0.4) is 0 Å². The molecule has 1 atom stereocenters. The minimum atomic E-state index is -3.66. The zero-order valence-electron chi connectivity index (χ0n) is 17.3. The van der Waals surface area contributed by atoms with Gasteiger partial charge in [-0.25, -0.2) is 8.42 Å². The maximum atomic E-state index is 13.1. The molecule has 7 nitrogen and oxygen atoms in total. The van der Waals surface area contributed by atoms with Gasteiger partial charge in [-0.15, -0.1) is 0 Å². The van der Waals surface area contributed by atoms with Crippen molar-refractivity contribution in [2.24, 2.45) is 0 Å². The van der Waals surface area contributed by atoms with E-state index >= 15 is 0 Å². The number of nitrogens with one attached hydrogen (secondary N) is 2. The van der Waals surface area contributed by atoms with Gasteiger partial charge in [-0.3, -0.25) is 9.59 Å². The van der Waals surface area contributed by atoms with Crippen molar-refractivity contribution < 1.29 is 18.0 Å². The van der Waals surface area contributed by atoms with Gasteiger partial charge in [0.2, 0.25) is 10.0 Å². The maximum absolute atomic E-state index is 13.1. The van der Waals surface area contributed by atoms with Crippen molar-refractivity contribution in [1.82, 2.24) is 9.62 Å². The molecule has 0 bridgehead atoms. The fourth-order valence-corrected chi connectivity index (χ4v) is 5.43. The number of anilines is 1. The molecule has 2 aromatic rings. The molecule has 1 saturated heterocycles. The first-order valence-electron chi connectivity index (χ1n) is 10.2. The summed E-state index contributed by atoms with van der Waals surface area (Å²) in [4.78, 5) is 24.4. The second-order valence-corrected chi connectivity index (χ2v) is 9.91. The standard InChI is InChI=1S/C22H26ClN3O4S/c1-16-5-9-18(10-6-16)25-22(28)21(27)24-14-13-19-4-2-3-15-26(19)31(29,30)20-11-7-17(23)8-12-20/h5-12,19H,2-4,13-15H2,1H3,(H,24,27)(H,25,28)/t19-/m0/s1. The lowest BCUT2D eigenvalue weighted by atomic mass is 10.0. The SMILES string of the molecule is Cc1ccc(NC(=O)C(=O)NCC[C@@H]2CCCCN2S(=O)(=O)c2ccc(Cl)cc2)cc1. The van der Waals surface area contributed by atoms with E-state index in [0.29, 0.717) is 30.1 Å². The van der Waals surface area contributed by atoms with Gasteiger partial charge in [0.25, 0.3) is 0 Å². The summed E-state index contributed by atoms with van der Waals surface area (Å²) >= 11 is 5.88. The molecule has 0 radical (unpaired) electrons. The van der Waals surface area contributed by atoms with Crippen LogP contribution in [0.5, 0.6) is 0 Å². The van der Waals surface area contributed by atoms with Crippen LogP contribution in [0.2, 0.25) is 5.02 Å². The van der Waals surface area contributed by atoms with Gasteiger partial charge < -0.3 is 10.6 Å². The van der Waals surface area contributed by atoms with Crippen molar-refractivity contribution >= 4 is 39.1 Å². The fourth-order valence-electron chi connectivity index (χ4n) is 3.58. The highest BCUT2D eigenvalue weighted by atomic mass is 35.5. The van der Waals surface area contributed by atoms with Crippen LogP contribution in [0.4, 0.5) is 5.69 Å². The van der Waals surface area contributed by atoms with E-state index in [1.54, 1.807) is 24.3 Å². The van der Waals surface area contributed by atoms with Crippen molar-refractivity contribution in [1.29, 1.82) is 0 Å². The van der Waals surface area contributed by atoms with E-state index in [-0.39, 0.29) is 17.5 Å². The number of carbonyl (C=O) groups is 2. The van der Waals surface area contributed by atoms with Gasteiger partial charge in [0, 0.05) is 29.8 Å². The number of aryl methyl sites for hydroxylation is 1. The van der Waals surface area contributed by atoms with Gasteiger partial charge in [-0.1, -0.05) is 35.7 Å². The molecule has 9 heteroatoms. The summed E-state index contributed by atoms with van der Waals surface area (Å²) in [6, 6.07) is 13.0. The zero-order chi connectivity index (χ0) is 22.4. The van der Waals surface area contributed by atoms with Crippen LogP contribution in [-0.4, -0.2) is 43.7 Å². The van der Waals surface area contributed by atoms with Gasteiger partial charge in [-0.05, 0) is 62.6 Å². The normalized spacial score (nSPS) is 17.2. The van der Waals surface area contributed by atoms with Gasteiger partial charge in [0.05, 0.1) is 4.90 Å². The predicted octanol–water partition coefficient (Wildman–Crippen LogP) is 3.34. The highest BCUT2D eigenvalue weighted by molar-refractivity contribution is 7.89. The summed E-state index contributed by atoms with van der Waals surface area (Å²) in [6.07, 6.45) is 2.84. The Labute approximate surface area is 187 Å². The largest absolute Gasteiger partial charge is 0.348 e. The number of amides is 2. The molecule has 2 amide bonds. The molecule has 0 spiro atoms. The molecule has 0 saturated carbocycles. The maximum Gasteiger partial charge on any atom is 0.313 e. The number of hydrogen-bond donors (Lipinski definition) is 2. The Kier molecular flexibility index (Phi) is 7.69. The van der Waals surface area contributed by atoms with Crippen molar-refractivity contribution in [3.63, 3.8) is 0 Å². The molecule has 2 N–H and O–H groups in total. The van der Waals surface area contributed by atoms with E-state index in [1.807, 2.05) is 19.1 Å². The highest BCUT2D eigenvalue weighted by Crippen LogP contribution is 2.27. The highest BCUT2D eigenvalue weighted by Gasteiger charge is 2.33. The van der Waals surface area contributed by atoms with Crippen LogP contribution in [0.15, 0.2) is 53.4 Å². The van der Waals surface area contributed by atoms with Crippen LogP contribution in [0.1, 0.15) is 31.2 Å². The van der Waals surface area contributed by atoms with Crippen LogP contribution < -0.4 is 10.6 Å². The average molecular weight is 464 g/mol. The number of hydrogen-bond acceptors (Lipinski definition) is 4. The molecule has 1 aliphatic rings. The fraction of sp³-hybridized carbons (Fsp3) is 0.364. The summed E-state index contributed by atoms with van der Waals surface area (Å²) in [7, 11) is -3.66. The first-order valence-corrected chi connectivity index (χ1v) is 12.0. The molecule has 1 heterocycles. The Morgan fingerprint density at radius 3 is 2.39 bits per heavy atom. The molecule has 1 fully saturated rings. The molecule has 0 aliphatic carbocycles. The lowest BCUT2D eigenvalue weighted by Crippen LogP contribution is -2.45. The predicted molar refractivity (Wildman–Crippen MR) is 120 cm³/mol. The molecule has 1 aliphatic heterocycles. The smallest absolute Gasteiger partial charge is 0.313 e. The van der Waals surface area contributed by atoms with E-state index in [4.69, 9.17) is 11.6 Å². The lowest BCUT2D eigenvalue weighted by Gasteiger charge is -2.34. The third-order valence-corrected chi connectivity index (χ3v) is 7.49. The number of halogens is 1. The van der Waals surface area contributed by atoms with E-state index in [2.05, 4.69) is 10.6 Å². The minimum Gasteiger partial charge on any atom is -0.348 e. The van der Waals surface area contributed by atoms with Crippen LogP contribution in [0, 0.1) is 6.92 Å². The molecular formula is C22H26ClN3O4S. The Bertz CT molecular complexity index is 1020. The summed E-state index contributed by atoms with van der Waals surface area (Å²) in [5, 5.41) is 5.61. The molecular weight excluding hydrogens is 438 g/mol. The van der Waals surface area contributed by atoms with Crippen molar-refractivity contribution in [3.8, 4) is 0 Å². The van der Waals surface area contributed by atoms with Gasteiger partial charge >= 0.3 is 11.8 Å². The Balaban J connectivity index is 1.56. The second kappa shape index (κ2) is 10.3. The van der Waals surface area contributed by atoms with E-state index < -0.39 is 21.8 Å². The van der Waals surface area contributed by atoms with Gasteiger partial charge in [-0.2, -0.15) is 4.31 Å². The molecule has 2 aromatic carbocycles. The molecule has 31 heavy (non-hydrogen) atoms. The van der Waals surface area contributed by atoms with E-state index in [0.717, 1.165) is 18.4 Å². The molecule has 166 valence electrons. The van der Waals surface area contributed by atoms with E-state index in [1.165, 1.54) is 16.4 Å². The van der Waals surface area contributed by atoms with Crippen LogP contribution in [-0.2, 0) is 19.6 Å². The first kappa shape index (κ1) is 23.2. The van der Waals surface area contributed by atoms with Crippen molar-refractivity contribution in [2.45, 2.75) is 43.5 Å². The zero-order valence-corrected chi connectivity index (χ0v) is 18.9. The van der Waals surface area contributed by atoms with Gasteiger partial charge in [0.1, 0.15) is 0 Å². The monoisotopic (exact) mass is 463 g/mol. The van der Waals surface area contributed by atoms with Gasteiger partial charge in [0.15, 0.2) is 0 Å². The van der Waals surface area contributed by atoms with Crippen LogP contribution >= 0.6 is 11.6 Å². The Hall–Kier alpha value is -2.42. The molecule has 0 aromatic heterocycles. The second-order valence-electron chi connectivity index (χ2n) is 7.58. The lowest BCUT2D eigenvalue weighted by molar-refractivity contribution is -0.136. The number of nitrogens with zero attached hydrogens (tertiary/aromatic N) is 1. The number of rotatable bonds is 6. The summed E-state index contributed by atoms with van der Waals surface area (Å²) < 4.78 is 27.6. The number of sulfonamides is 1. The number of benzene rings is 2. The number of piperidine rings is 1. The minimum absolute atomic E-state index is 0.199. The summed E-state index contributed by atoms with van der Waals surface area (Å²) in [5.41, 5.74) is 1.59. The average Bonchev–Trinajstić information content (AvgIpc) is 2.76. The Morgan fingerprint density at radius 2 is 1.71 bits per heavy atom. The number of carbonyl (C=O) groups excluding carboxylic acids is 2. The topological polar surface area (TPSA) is 95.6 Å². The Morgan fingerprint density at radius 1 is 1.03 bits per heavy atom. The van der Waals surface area contributed by atoms with Crippen molar-refractivity contribution in [3.05, 3.63) is 59.1 Å². The molecule has 0 unspecified atom stereocenters. The third kappa shape index (κ3) is 6.06. The summed E-state index contributed by atoms with van der Waals surface area (Å²) in [6.45, 7) is 2.56. The summed E-state index contributed by atoms with van der Waals surface area (Å²) in [5.74, 6) is -1.50. The first-order chi connectivity index (χ1) is 14.8. The van der Waals surface area contributed by atoms with Crippen LogP contribution in [0.25, 0.3) is 0 Å². The third-order valence-electron chi connectivity index (χ3n) is 5.27. The van der Waals surface area contributed by atoms with E-state index in [9.17, 15) is 18.0 Å². The quantitative estimate of drug-likeness (QED) is 0.642.